The van der Waals surface area contributed by atoms with Crippen molar-refractivity contribution in [3.05, 3.63) is 81.3 Å². The van der Waals surface area contributed by atoms with Crippen LogP contribution in [0.1, 0.15) is 12.0 Å². The van der Waals surface area contributed by atoms with Crippen molar-refractivity contribution in [2.75, 3.05) is 13.2 Å². The third-order valence-electron chi connectivity index (χ3n) is 4.98. The van der Waals surface area contributed by atoms with E-state index in [0.29, 0.717) is 22.3 Å². The maximum Gasteiger partial charge on any atom is 0.293 e. The van der Waals surface area contributed by atoms with Crippen LogP contribution in [0.4, 0.5) is 4.79 Å². The topological polar surface area (TPSA) is 51.5 Å². The fourth-order valence-electron chi connectivity index (χ4n) is 3.50. The van der Waals surface area contributed by atoms with Crippen molar-refractivity contribution in [1.29, 1.82) is 0 Å². The summed E-state index contributed by atoms with van der Waals surface area (Å²) in [5.41, 5.74) is 1.93. The van der Waals surface area contributed by atoms with Gasteiger partial charge < -0.3 is 9.30 Å². The summed E-state index contributed by atoms with van der Waals surface area (Å²) < 4.78 is 8.88. The minimum absolute atomic E-state index is 0.209. The van der Waals surface area contributed by atoms with E-state index >= 15 is 0 Å². The standard InChI is InChI=1S/C24H20BrClN2O3S/c1-2-10-28-23(29)22(32-24(28)30)13-16-15-27(20-9-8-17(25)14-18(16)20)11-5-12-31-21-7-4-3-6-19(21)26/h2-4,6-9,13-15H,1,5,10-12H2/b22-13-. The summed E-state index contributed by atoms with van der Waals surface area (Å²) in [6.45, 7) is 5.08. The fourth-order valence-corrected chi connectivity index (χ4v) is 4.89. The average Bonchev–Trinajstić information content (AvgIpc) is 3.24. The second kappa shape index (κ2) is 9.98. The number of aryl methyl sites for hydroxylation is 1. The van der Waals surface area contributed by atoms with Crippen LogP contribution >= 0.6 is 39.3 Å². The molecule has 0 unspecified atom stereocenters. The minimum Gasteiger partial charge on any atom is -0.492 e. The Morgan fingerprint density at radius 2 is 2.00 bits per heavy atom. The molecular weight excluding hydrogens is 512 g/mol. The molecule has 0 aliphatic carbocycles. The zero-order valence-electron chi connectivity index (χ0n) is 17.1. The molecule has 2 heterocycles. The first-order valence-electron chi connectivity index (χ1n) is 10.00. The van der Waals surface area contributed by atoms with E-state index in [9.17, 15) is 9.59 Å². The van der Waals surface area contributed by atoms with Crippen molar-refractivity contribution in [2.24, 2.45) is 0 Å². The quantitative estimate of drug-likeness (QED) is 0.183. The van der Waals surface area contributed by atoms with Gasteiger partial charge in [0.1, 0.15) is 5.75 Å². The first-order chi connectivity index (χ1) is 15.5. The number of amides is 2. The SMILES string of the molecule is C=CCN1C(=O)S/C(=C\c2cn(CCCOc3ccccc3Cl)c3ccc(Br)cc23)C1=O. The molecule has 1 saturated heterocycles. The van der Waals surface area contributed by atoms with E-state index in [1.54, 1.807) is 18.2 Å². The van der Waals surface area contributed by atoms with E-state index < -0.39 is 0 Å². The van der Waals surface area contributed by atoms with Gasteiger partial charge >= 0.3 is 0 Å². The lowest BCUT2D eigenvalue weighted by molar-refractivity contribution is -0.122. The molecule has 164 valence electrons. The fraction of sp³-hybridized carbons (Fsp3) is 0.167. The molecule has 3 aromatic rings. The Kier molecular flexibility index (Phi) is 7.08. The summed E-state index contributed by atoms with van der Waals surface area (Å²) in [5.74, 6) is 0.385. The highest BCUT2D eigenvalue weighted by Gasteiger charge is 2.34. The predicted molar refractivity (Wildman–Crippen MR) is 134 cm³/mol. The van der Waals surface area contributed by atoms with Crippen molar-refractivity contribution >= 4 is 67.4 Å². The number of halogens is 2. The second-order valence-corrected chi connectivity index (χ2v) is 9.47. The number of hydrogen-bond donors (Lipinski definition) is 0. The van der Waals surface area contributed by atoms with Crippen LogP contribution in [0.25, 0.3) is 17.0 Å². The number of ether oxygens (including phenoxy) is 1. The molecule has 5 nitrogen and oxygen atoms in total. The molecule has 32 heavy (non-hydrogen) atoms. The van der Waals surface area contributed by atoms with E-state index in [0.717, 1.165) is 45.7 Å². The summed E-state index contributed by atoms with van der Waals surface area (Å²) in [5, 5.41) is 1.32. The number of fused-ring (bicyclic) bond motifs is 1. The molecule has 1 fully saturated rings. The van der Waals surface area contributed by atoms with Gasteiger partial charge in [-0.2, -0.15) is 0 Å². The Labute approximate surface area is 203 Å². The molecule has 0 bridgehead atoms. The molecule has 0 N–H and O–H groups in total. The number of hydrogen-bond acceptors (Lipinski definition) is 4. The highest BCUT2D eigenvalue weighted by Crippen LogP contribution is 2.35. The van der Waals surface area contributed by atoms with Gasteiger partial charge in [0, 0.05) is 40.2 Å². The highest BCUT2D eigenvalue weighted by atomic mass is 79.9. The van der Waals surface area contributed by atoms with Gasteiger partial charge in [0.05, 0.1) is 16.5 Å². The van der Waals surface area contributed by atoms with Crippen LogP contribution in [0.2, 0.25) is 5.02 Å². The molecule has 0 spiro atoms. The highest BCUT2D eigenvalue weighted by molar-refractivity contribution is 9.10. The van der Waals surface area contributed by atoms with Crippen LogP contribution in [-0.2, 0) is 11.3 Å². The normalized spacial score (nSPS) is 15.2. The van der Waals surface area contributed by atoms with Crippen LogP contribution in [0.3, 0.4) is 0 Å². The van der Waals surface area contributed by atoms with Crippen LogP contribution in [-0.4, -0.2) is 33.8 Å². The van der Waals surface area contributed by atoms with E-state index in [-0.39, 0.29) is 17.7 Å². The first kappa shape index (κ1) is 22.7. The van der Waals surface area contributed by atoms with Gasteiger partial charge in [0.25, 0.3) is 11.1 Å². The molecule has 1 aromatic heterocycles. The van der Waals surface area contributed by atoms with Gasteiger partial charge in [-0.05, 0) is 54.6 Å². The lowest BCUT2D eigenvalue weighted by atomic mass is 10.1. The Morgan fingerprint density at radius 3 is 2.78 bits per heavy atom. The Hall–Kier alpha value is -2.48. The number of rotatable bonds is 8. The molecular formula is C24H20BrClN2O3S. The van der Waals surface area contributed by atoms with Crippen molar-refractivity contribution in [1.82, 2.24) is 9.47 Å². The largest absolute Gasteiger partial charge is 0.492 e. The smallest absolute Gasteiger partial charge is 0.293 e. The number of nitrogens with zero attached hydrogens (tertiary/aromatic N) is 2. The zero-order valence-corrected chi connectivity index (χ0v) is 20.3. The minimum atomic E-state index is -0.288. The summed E-state index contributed by atoms with van der Waals surface area (Å²) in [6.07, 6.45) is 6.13. The van der Waals surface area contributed by atoms with Crippen LogP contribution in [0.5, 0.6) is 5.75 Å². The molecule has 1 aliphatic heterocycles. The van der Waals surface area contributed by atoms with Crippen LogP contribution < -0.4 is 4.74 Å². The third kappa shape index (κ3) is 4.80. The second-order valence-electron chi connectivity index (χ2n) is 7.15. The maximum atomic E-state index is 12.6. The number of carbonyl (C=O) groups excluding carboxylic acids is 2. The molecule has 0 atom stereocenters. The van der Waals surface area contributed by atoms with Crippen molar-refractivity contribution in [3.63, 3.8) is 0 Å². The van der Waals surface area contributed by atoms with Gasteiger partial charge in [-0.25, -0.2) is 0 Å². The molecule has 8 heteroatoms. The summed E-state index contributed by atoms with van der Waals surface area (Å²) >= 11 is 10.6. The molecule has 2 aromatic carbocycles. The Balaban J connectivity index is 1.55. The number of para-hydroxylation sites is 1. The Morgan fingerprint density at radius 1 is 1.19 bits per heavy atom. The van der Waals surface area contributed by atoms with Crippen LogP contribution in [0, 0.1) is 0 Å². The number of aromatic nitrogens is 1. The van der Waals surface area contributed by atoms with Crippen LogP contribution in [0.15, 0.2) is 70.7 Å². The molecule has 4 rings (SSSR count). The number of thioether (sulfide) groups is 1. The number of imide groups is 1. The van der Waals surface area contributed by atoms with Gasteiger partial charge in [0.2, 0.25) is 0 Å². The lowest BCUT2D eigenvalue weighted by Crippen LogP contribution is -2.27. The predicted octanol–water partition coefficient (Wildman–Crippen LogP) is 6.75. The van der Waals surface area contributed by atoms with Crippen molar-refractivity contribution in [3.8, 4) is 5.75 Å². The van der Waals surface area contributed by atoms with E-state index in [2.05, 4.69) is 27.1 Å². The summed E-state index contributed by atoms with van der Waals surface area (Å²) in [6, 6.07) is 13.5. The third-order valence-corrected chi connectivity index (χ3v) is 6.70. The molecule has 0 saturated carbocycles. The summed E-state index contributed by atoms with van der Waals surface area (Å²) in [7, 11) is 0. The lowest BCUT2D eigenvalue weighted by Gasteiger charge is -2.09. The monoisotopic (exact) mass is 530 g/mol. The van der Waals surface area contributed by atoms with Crippen molar-refractivity contribution < 1.29 is 14.3 Å². The van der Waals surface area contributed by atoms with E-state index in [1.165, 1.54) is 4.90 Å². The molecule has 0 radical (unpaired) electrons. The first-order valence-corrected chi connectivity index (χ1v) is 12.0. The van der Waals surface area contributed by atoms with Gasteiger partial charge in [-0.3, -0.25) is 14.5 Å². The van der Waals surface area contributed by atoms with Crippen molar-refractivity contribution in [2.45, 2.75) is 13.0 Å². The van der Waals surface area contributed by atoms with E-state index in [1.807, 2.05) is 42.6 Å². The Bertz CT molecular complexity index is 1240. The molecule has 2 amide bonds. The average molecular weight is 532 g/mol. The van der Waals surface area contributed by atoms with Gasteiger partial charge in [0.15, 0.2) is 0 Å². The maximum absolute atomic E-state index is 12.6. The van der Waals surface area contributed by atoms with Gasteiger partial charge in [-0.1, -0.05) is 45.7 Å². The zero-order chi connectivity index (χ0) is 22.7. The number of carbonyl (C=O) groups is 2. The van der Waals surface area contributed by atoms with Gasteiger partial charge in [-0.15, -0.1) is 6.58 Å². The molecule has 1 aliphatic rings. The summed E-state index contributed by atoms with van der Waals surface area (Å²) in [4.78, 5) is 26.4. The van der Waals surface area contributed by atoms with E-state index in [4.69, 9.17) is 16.3 Å². The number of benzene rings is 2.